The fraction of sp³-hybridized carbons (Fsp3) is 0.571. The summed E-state index contributed by atoms with van der Waals surface area (Å²) in [6.45, 7) is 0.988. The average Bonchev–Trinajstić information content (AvgIpc) is 3.29. The van der Waals surface area contributed by atoms with Gasteiger partial charge in [0, 0.05) is 31.5 Å². The highest BCUT2D eigenvalue weighted by Crippen LogP contribution is 2.61. The number of benzene rings is 1. The van der Waals surface area contributed by atoms with E-state index in [0.29, 0.717) is 25.9 Å². The molecule has 2 unspecified atom stereocenters. The van der Waals surface area contributed by atoms with Gasteiger partial charge in [-0.25, -0.2) is 0 Å². The molecule has 6 heteroatoms. The molecule has 1 aromatic carbocycles. The first kappa shape index (κ1) is 18.0. The number of carbonyl (C=O) groups excluding carboxylic acids is 2. The topological polar surface area (TPSA) is 77.9 Å². The SMILES string of the molecule is CN(CC(=O)N1CCC(C(=O)O)CC1)C(=O)C1CC12CCc1ccccc12. The number of hydrogen-bond donors (Lipinski definition) is 1. The molecular formula is C21H26N2O4. The predicted molar refractivity (Wildman–Crippen MR) is 99.1 cm³/mol. The maximum Gasteiger partial charge on any atom is 0.306 e. The summed E-state index contributed by atoms with van der Waals surface area (Å²) < 4.78 is 0. The fourth-order valence-corrected chi connectivity index (χ4v) is 4.94. The molecule has 0 radical (unpaired) electrons. The zero-order valence-electron chi connectivity index (χ0n) is 15.7. The number of carbonyl (C=O) groups is 3. The number of nitrogens with zero attached hydrogens (tertiary/aromatic N) is 2. The van der Waals surface area contributed by atoms with Crippen molar-refractivity contribution in [1.82, 2.24) is 9.80 Å². The normalized spacial score (nSPS) is 26.7. The van der Waals surface area contributed by atoms with Crippen molar-refractivity contribution in [3.05, 3.63) is 35.4 Å². The Balaban J connectivity index is 1.33. The molecule has 2 atom stereocenters. The predicted octanol–water partition coefficient (Wildman–Crippen LogP) is 1.67. The number of amides is 2. The zero-order chi connectivity index (χ0) is 19.2. The molecule has 1 aliphatic heterocycles. The molecule has 1 saturated heterocycles. The molecule has 27 heavy (non-hydrogen) atoms. The lowest BCUT2D eigenvalue weighted by atomic mass is 9.95. The first-order valence-corrected chi connectivity index (χ1v) is 9.76. The van der Waals surface area contributed by atoms with Gasteiger partial charge in [0.15, 0.2) is 0 Å². The van der Waals surface area contributed by atoms with Gasteiger partial charge in [-0.2, -0.15) is 0 Å². The van der Waals surface area contributed by atoms with Crippen molar-refractivity contribution in [2.24, 2.45) is 11.8 Å². The number of piperidine rings is 1. The number of carboxylic acids is 1. The first-order chi connectivity index (χ1) is 12.9. The third-order valence-electron chi connectivity index (χ3n) is 6.71. The van der Waals surface area contributed by atoms with Gasteiger partial charge < -0.3 is 14.9 Å². The molecule has 1 spiro atoms. The Labute approximate surface area is 159 Å². The van der Waals surface area contributed by atoms with Crippen LogP contribution in [0, 0.1) is 11.8 Å². The van der Waals surface area contributed by atoms with Crippen molar-refractivity contribution in [1.29, 1.82) is 0 Å². The standard InChI is InChI=1S/C21H26N2O4/c1-22(13-18(24)23-10-7-15(8-11-23)20(26)27)19(25)17-12-21(17)9-6-14-4-2-3-5-16(14)21/h2-5,15,17H,6-13H2,1H3,(H,26,27). The van der Waals surface area contributed by atoms with Crippen molar-refractivity contribution in [2.45, 2.75) is 37.5 Å². The third-order valence-corrected chi connectivity index (χ3v) is 6.71. The summed E-state index contributed by atoms with van der Waals surface area (Å²) in [4.78, 5) is 39.7. The van der Waals surface area contributed by atoms with Gasteiger partial charge in [-0.15, -0.1) is 0 Å². The molecule has 1 heterocycles. The summed E-state index contributed by atoms with van der Waals surface area (Å²) in [6, 6.07) is 8.39. The van der Waals surface area contributed by atoms with Crippen LogP contribution >= 0.6 is 0 Å². The Hall–Kier alpha value is -2.37. The first-order valence-electron chi connectivity index (χ1n) is 9.76. The van der Waals surface area contributed by atoms with Gasteiger partial charge in [0.2, 0.25) is 11.8 Å². The van der Waals surface area contributed by atoms with Gasteiger partial charge in [-0.1, -0.05) is 24.3 Å². The molecule has 2 amide bonds. The number of aliphatic carboxylic acids is 1. The summed E-state index contributed by atoms with van der Waals surface area (Å²) in [7, 11) is 1.71. The van der Waals surface area contributed by atoms with E-state index in [2.05, 4.69) is 18.2 Å². The van der Waals surface area contributed by atoms with E-state index in [1.54, 1.807) is 16.8 Å². The largest absolute Gasteiger partial charge is 0.481 e. The highest BCUT2D eigenvalue weighted by molar-refractivity contribution is 5.89. The molecule has 0 aromatic heterocycles. The summed E-state index contributed by atoms with van der Waals surface area (Å²) in [5, 5.41) is 9.06. The van der Waals surface area contributed by atoms with Crippen molar-refractivity contribution in [3.63, 3.8) is 0 Å². The van der Waals surface area contributed by atoms with Gasteiger partial charge >= 0.3 is 5.97 Å². The number of hydrogen-bond acceptors (Lipinski definition) is 3. The van der Waals surface area contributed by atoms with Crippen LogP contribution in [-0.4, -0.2) is 59.4 Å². The highest BCUT2D eigenvalue weighted by atomic mass is 16.4. The van der Waals surface area contributed by atoms with Crippen LogP contribution in [0.3, 0.4) is 0 Å². The second-order valence-corrected chi connectivity index (χ2v) is 8.26. The van der Waals surface area contributed by atoms with E-state index >= 15 is 0 Å². The number of aryl methyl sites for hydroxylation is 1. The molecule has 2 aliphatic carbocycles. The Kier molecular flexibility index (Phi) is 4.44. The van der Waals surface area contributed by atoms with Crippen molar-refractivity contribution >= 4 is 17.8 Å². The van der Waals surface area contributed by atoms with Gasteiger partial charge in [-0.3, -0.25) is 14.4 Å². The van der Waals surface area contributed by atoms with Crippen LogP contribution in [0.1, 0.15) is 36.8 Å². The monoisotopic (exact) mass is 370 g/mol. The molecular weight excluding hydrogens is 344 g/mol. The number of likely N-dealkylation sites (N-methyl/N-ethyl adjacent to an activating group) is 1. The van der Waals surface area contributed by atoms with E-state index in [9.17, 15) is 14.4 Å². The Morgan fingerprint density at radius 3 is 2.63 bits per heavy atom. The van der Waals surface area contributed by atoms with E-state index in [-0.39, 0.29) is 35.6 Å². The van der Waals surface area contributed by atoms with Crippen LogP contribution in [0.5, 0.6) is 0 Å². The van der Waals surface area contributed by atoms with Crippen LogP contribution in [0.4, 0.5) is 0 Å². The van der Waals surface area contributed by atoms with Crippen molar-refractivity contribution < 1.29 is 19.5 Å². The van der Waals surface area contributed by atoms with E-state index < -0.39 is 5.97 Å². The molecule has 2 fully saturated rings. The molecule has 1 N–H and O–H groups in total. The average molecular weight is 370 g/mol. The zero-order valence-corrected chi connectivity index (χ0v) is 15.7. The number of carboxylic acid groups (broad SMARTS) is 1. The van der Waals surface area contributed by atoms with Crippen LogP contribution in [0.25, 0.3) is 0 Å². The lowest BCUT2D eigenvalue weighted by Gasteiger charge is -2.31. The summed E-state index contributed by atoms with van der Waals surface area (Å²) >= 11 is 0. The van der Waals surface area contributed by atoms with Gasteiger partial charge in [0.1, 0.15) is 0 Å². The van der Waals surface area contributed by atoms with Crippen molar-refractivity contribution in [3.8, 4) is 0 Å². The van der Waals surface area contributed by atoms with Crippen LogP contribution in [-0.2, 0) is 26.2 Å². The Morgan fingerprint density at radius 1 is 1.22 bits per heavy atom. The minimum absolute atomic E-state index is 0.00911. The Bertz CT molecular complexity index is 784. The van der Waals surface area contributed by atoms with E-state index in [1.807, 2.05) is 6.07 Å². The fourth-order valence-electron chi connectivity index (χ4n) is 4.94. The lowest BCUT2D eigenvalue weighted by Crippen LogP contribution is -2.46. The second kappa shape index (κ2) is 6.66. The minimum Gasteiger partial charge on any atom is -0.481 e. The van der Waals surface area contributed by atoms with Crippen LogP contribution < -0.4 is 0 Å². The smallest absolute Gasteiger partial charge is 0.306 e. The molecule has 1 saturated carbocycles. The lowest BCUT2D eigenvalue weighted by molar-refractivity contribution is -0.146. The number of likely N-dealkylation sites (tertiary alicyclic amines) is 1. The molecule has 1 aromatic rings. The maximum atomic E-state index is 12.9. The van der Waals surface area contributed by atoms with Gasteiger partial charge in [-0.05, 0) is 43.2 Å². The van der Waals surface area contributed by atoms with E-state index in [0.717, 1.165) is 19.3 Å². The minimum atomic E-state index is -0.787. The van der Waals surface area contributed by atoms with Crippen LogP contribution in [0.2, 0.25) is 0 Å². The highest BCUT2D eigenvalue weighted by Gasteiger charge is 2.61. The van der Waals surface area contributed by atoms with Gasteiger partial charge in [0.25, 0.3) is 0 Å². The summed E-state index contributed by atoms with van der Waals surface area (Å²) in [5.74, 6) is -1.19. The van der Waals surface area contributed by atoms with Crippen molar-refractivity contribution in [2.75, 3.05) is 26.7 Å². The maximum absolute atomic E-state index is 12.9. The quantitative estimate of drug-likeness (QED) is 0.875. The number of fused-ring (bicyclic) bond motifs is 2. The molecule has 6 nitrogen and oxygen atoms in total. The molecule has 0 bridgehead atoms. The van der Waals surface area contributed by atoms with Crippen LogP contribution in [0.15, 0.2) is 24.3 Å². The second-order valence-electron chi connectivity index (χ2n) is 8.26. The number of rotatable bonds is 4. The Morgan fingerprint density at radius 2 is 1.93 bits per heavy atom. The molecule has 3 aliphatic rings. The van der Waals surface area contributed by atoms with E-state index in [4.69, 9.17) is 5.11 Å². The summed E-state index contributed by atoms with van der Waals surface area (Å²) in [6.07, 6.45) is 3.91. The molecule has 144 valence electrons. The molecule has 4 rings (SSSR count). The summed E-state index contributed by atoms with van der Waals surface area (Å²) in [5.41, 5.74) is 2.66. The van der Waals surface area contributed by atoms with E-state index in [1.165, 1.54) is 11.1 Å². The third kappa shape index (κ3) is 3.11. The van der Waals surface area contributed by atoms with Gasteiger partial charge in [0.05, 0.1) is 12.5 Å².